The molecule has 3 rings (SSSR count). The third kappa shape index (κ3) is 2.04. The lowest BCUT2D eigenvalue weighted by Gasteiger charge is -2.13. The molecule has 0 aliphatic heterocycles. The van der Waals surface area contributed by atoms with Crippen molar-refractivity contribution in [1.82, 2.24) is 14.4 Å². The largest absolute Gasteiger partial charge is 0.289 e. The molecule has 88 valence electrons. The molecule has 4 nitrogen and oxygen atoms in total. The summed E-state index contributed by atoms with van der Waals surface area (Å²) in [5.74, 6) is 0.563. The summed E-state index contributed by atoms with van der Waals surface area (Å²) < 4.78 is 2.32. The van der Waals surface area contributed by atoms with Gasteiger partial charge in [0.2, 0.25) is 5.78 Å². The lowest BCUT2D eigenvalue weighted by atomic mass is 10.00. The number of nitrogens with zero attached hydrogens (tertiary/aromatic N) is 4. The summed E-state index contributed by atoms with van der Waals surface area (Å²) in [6.45, 7) is 0. The normalized spacial score (nSPS) is 18.7. The number of fused-ring (bicyclic) bond motifs is 1. The van der Waals surface area contributed by atoms with Gasteiger partial charge in [-0.25, -0.2) is 4.98 Å². The predicted molar refractivity (Wildman–Crippen MR) is 77.2 cm³/mol. The maximum Gasteiger partial charge on any atom is 0.235 e. The van der Waals surface area contributed by atoms with Crippen molar-refractivity contribution in [3.8, 4) is 6.07 Å². The average molecular weight is 348 g/mol. The Kier molecular flexibility index (Phi) is 2.88. The van der Waals surface area contributed by atoms with Gasteiger partial charge < -0.3 is 0 Å². The lowest BCUT2D eigenvalue weighted by Crippen LogP contribution is -2.01. The monoisotopic (exact) mass is 348 g/mol. The van der Waals surface area contributed by atoms with E-state index in [-0.39, 0.29) is 0 Å². The smallest absolute Gasteiger partial charge is 0.235 e. The van der Waals surface area contributed by atoms with Gasteiger partial charge in [0.05, 0.1) is 0 Å². The SMILES string of the molecule is N#Cc1cn2cc(C3=CC=CC(I)C3)cnc2n1. The van der Waals surface area contributed by atoms with Crippen LogP contribution in [0.15, 0.2) is 36.8 Å². The summed E-state index contributed by atoms with van der Waals surface area (Å²) >= 11 is 2.42. The van der Waals surface area contributed by atoms with Crippen LogP contribution in [0.25, 0.3) is 11.4 Å². The third-order valence-corrected chi connectivity index (χ3v) is 3.68. The fourth-order valence-electron chi connectivity index (χ4n) is 1.96. The molecule has 5 heteroatoms. The van der Waals surface area contributed by atoms with Crippen LogP contribution in [0, 0.1) is 11.3 Å². The minimum Gasteiger partial charge on any atom is -0.289 e. The molecule has 0 spiro atoms. The summed E-state index contributed by atoms with van der Waals surface area (Å²) in [7, 11) is 0. The van der Waals surface area contributed by atoms with Crippen LogP contribution in [0.1, 0.15) is 17.7 Å². The van der Waals surface area contributed by atoms with Crippen molar-refractivity contribution >= 4 is 33.9 Å². The number of nitriles is 1. The number of rotatable bonds is 1. The first-order chi connectivity index (χ1) is 8.76. The van der Waals surface area contributed by atoms with Gasteiger partial charge in [0.1, 0.15) is 6.07 Å². The molecule has 1 aliphatic carbocycles. The number of alkyl halides is 1. The second-order valence-corrected chi connectivity index (χ2v) is 5.68. The molecule has 0 amide bonds. The van der Waals surface area contributed by atoms with Gasteiger partial charge in [-0.2, -0.15) is 10.2 Å². The van der Waals surface area contributed by atoms with E-state index in [4.69, 9.17) is 5.26 Å². The Hall–Kier alpha value is -1.68. The highest BCUT2D eigenvalue weighted by Gasteiger charge is 2.11. The van der Waals surface area contributed by atoms with Crippen molar-refractivity contribution in [1.29, 1.82) is 5.26 Å². The average Bonchev–Trinajstić information content (AvgIpc) is 2.80. The molecule has 1 atom stereocenters. The van der Waals surface area contributed by atoms with Crippen LogP contribution in [-0.2, 0) is 0 Å². The van der Waals surface area contributed by atoms with Crippen molar-refractivity contribution in [2.75, 3.05) is 0 Å². The van der Waals surface area contributed by atoms with Crippen LogP contribution in [0.5, 0.6) is 0 Å². The second-order valence-electron chi connectivity index (χ2n) is 4.08. The minimum atomic E-state index is 0.393. The molecular weight excluding hydrogens is 339 g/mol. The zero-order chi connectivity index (χ0) is 12.5. The molecule has 2 aromatic heterocycles. The quantitative estimate of drug-likeness (QED) is 0.588. The topological polar surface area (TPSA) is 54.0 Å². The summed E-state index contributed by atoms with van der Waals surface area (Å²) in [6.07, 6.45) is 12.9. The fraction of sp³-hybridized carbons (Fsp3) is 0.154. The van der Waals surface area contributed by atoms with Crippen LogP contribution in [-0.4, -0.2) is 18.3 Å². The fourth-order valence-corrected chi connectivity index (χ4v) is 2.67. The maximum atomic E-state index is 8.82. The van der Waals surface area contributed by atoms with Crippen molar-refractivity contribution < 1.29 is 0 Å². The summed E-state index contributed by atoms with van der Waals surface area (Å²) in [4.78, 5) is 8.37. The highest BCUT2D eigenvalue weighted by atomic mass is 127. The molecule has 0 N–H and O–H groups in total. The van der Waals surface area contributed by atoms with Crippen LogP contribution >= 0.6 is 22.6 Å². The summed E-state index contributed by atoms with van der Waals surface area (Å²) in [6, 6.07) is 2.02. The van der Waals surface area contributed by atoms with Gasteiger partial charge in [0, 0.05) is 28.1 Å². The van der Waals surface area contributed by atoms with Crippen LogP contribution in [0.4, 0.5) is 0 Å². The van der Waals surface area contributed by atoms with Gasteiger partial charge in [0.25, 0.3) is 0 Å². The van der Waals surface area contributed by atoms with E-state index in [1.54, 1.807) is 10.6 Å². The van der Waals surface area contributed by atoms with Crippen molar-refractivity contribution in [3.05, 3.63) is 48.1 Å². The van der Waals surface area contributed by atoms with Gasteiger partial charge in [0.15, 0.2) is 5.69 Å². The molecule has 2 aromatic rings. The number of hydrogen-bond acceptors (Lipinski definition) is 3. The Morgan fingerprint density at radius 2 is 2.33 bits per heavy atom. The zero-order valence-electron chi connectivity index (χ0n) is 9.42. The maximum absolute atomic E-state index is 8.82. The summed E-state index contributed by atoms with van der Waals surface area (Å²) in [5.41, 5.74) is 2.73. The van der Waals surface area contributed by atoms with Crippen LogP contribution in [0.2, 0.25) is 0 Å². The molecule has 0 bridgehead atoms. The molecular formula is C13H9IN4. The first-order valence-corrected chi connectivity index (χ1v) is 6.77. The molecule has 0 aromatic carbocycles. The van der Waals surface area contributed by atoms with E-state index in [1.807, 2.05) is 18.5 Å². The highest BCUT2D eigenvalue weighted by molar-refractivity contribution is 14.1. The number of aromatic nitrogens is 3. The van der Waals surface area contributed by atoms with Gasteiger partial charge in [-0.3, -0.25) is 4.40 Å². The van der Waals surface area contributed by atoms with Crippen LogP contribution in [0.3, 0.4) is 0 Å². The molecule has 1 unspecified atom stereocenters. The van der Waals surface area contributed by atoms with Gasteiger partial charge in [-0.15, -0.1) is 0 Å². The number of hydrogen-bond donors (Lipinski definition) is 0. The van der Waals surface area contributed by atoms with Gasteiger partial charge in [-0.05, 0) is 12.0 Å². The zero-order valence-corrected chi connectivity index (χ0v) is 11.6. The van der Waals surface area contributed by atoms with Gasteiger partial charge >= 0.3 is 0 Å². The Bertz CT molecular complexity index is 705. The van der Waals surface area contributed by atoms with E-state index >= 15 is 0 Å². The van der Waals surface area contributed by atoms with Crippen LogP contribution < -0.4 is 0 Å². The van der Waals surface area contributed by atoms with E-state index in [0.717, 1.165) is 12.0 Å². The van der Waals surface area contributed by atoms with Gasteiger partial charge in [-0.1, -0.05) is 40.8 Å². The van der Waals surface area contributed by atoms with E-state index in [0.29, 0.717) is 15.4 Å². The Balaban J connectivity index is 2.06. The first-order valence-electron chi connectivity index (χ1n) is 5.53. The number of imidazole rings is 1. The van der Waals surface area contributed by atoms with Crippen molar-refractivity contribution in [2.24, 2.45) is 0 Å². The standard InChI is InChI=1S/C13H9IN4/c14-11-3-1-2-9(4-11)10-6-16-13-17-12(5-15)8-18(13)7-10/h1-3,6-8,11H,4H2. The molecule has 1 aliphatic rings. The van der Waals surface area contributed by atoms with E-state index in [9.17, 15) is 0 Å². The highest BCUT2D eigenvalue weighted by Crippen LogP contribution is 2.27. The first kappa shape index (κ1) is 11.4. The minimum absolute atomic E-state index is 0.393. The van der Waals surface area contributed by atoms with E-state index in [2.05, 4.69) is 50.8 Å². The molecule has 0 saturated carbocycles. The molecule has 0 radical (unpaired) electrons. The number of halogens is 1. The predicted octanol–water partition coefficient (Wildman–Crippen LogP) is 2.75. The van der Waals surface area contributed by atoms with E-state index in [1.165, 1.54) is 5.57 Å². The third-order valence-electron chi connectivity index (χ3n) is 2.83. The van der Waals surface area contributed by atoms with Crippen molar-refractivity contribution in [3.63, 3.8) is 0 Å². The van der Waals surface area contributed by atoms with Crippen molar-refractivity contribution in [2.45, 2.75) is 10.3 Å². The molecule has 0 saturated heterocycles. The molecule has 0 fully saturated rings. The second kappa shape index (κ2) is 4.53. The van der Waals surface area contributed by atoms with E-state index < -0.39 is 0 Å². The Morgan fingerprint density at radius 1 is 1.44 bits per heavy atom. The molecule has 18 heavy (non-hydrogen) atoms. The Morgan fingerprint density at radius 3 is 3.11 bits per heavy atom. The lowest BCUT2D eigenvalue weighted by molar-refractivity contribution is 1.06. The Labute approximate surface area is 118 Å². The number of allylic oxidation sites excluding steroid dienone is 4. The molecule has 2 heterocycles. The summed E-state index contributed by atoms with van der Waals surface area (Å²) in [5, 5.41) is 8.82.